The summed E-state index contributed by atoms with van der Waals surface area (Å²) in [6.45, 7) is 0. The summed E-state index contributed by atoms with van der Waals surface area (Å²) >= 11 is 0. The van der Waals surface area contributed by atoms with Crippen molar-refractivity contribution in [1.82, 2.24) is 0 Å². The molecule has 0 aliphatic carbocycles. The molecule has 0 spiro atoms. The summed E-state index contributed by atoms with van der Waals surface area (Å²) in [6.07, 6.45) is -0.646. The van der Waals surface area contributed by atoms with Crippen molar-refractivity contribution in [3.8, 4) is 0 Å². The van der Waals surface area contributed by atoms with Crippen LogP contribution in [0.2, 0.25) is 0 Å². The first-order valence-electron chi connectivity index (χ1n) is 4.39. The van der Waals surface area contributed by atoms with Gasteiger partial charge in [-0.2, -0.15) is 0 Å². The maximum atomic E-state index is 13.1. The Bertz CT molecular complexity index is 414. The third-order valence-corrected chi connectivity index (χ3v) is 1.96. The van der Waals surface area contributed by atoms with Gasteiger partial charge in [-0.3, -0.25) is 9.59 Å². The zero-order valence-electron chi connectivity index (χ0n) is 8.11. The van der Waals surface area contributed by atoms with E-state index in [1.165, 1.54) is 0 Å². The number of Topliss-reactive ketones (excluding diaryl/α,β-unsaturated/α-hetero) is 1. The molecule has 1 atom stereocenters. The van der Waals surface area contributed by atoms with E-state index >= 15 is 0 Å². The highest BCUT2D eigenvalue weighted by Gasteiger charge is 2.22. The minimum Gasteiger partial charge on any atom is -0.480 e. The molecule has 0 aromatic heterocycles. The molecule has 0 amide bonds. The topological polar surface area (TPSA) is 80.4 Å². The fourth-order valence-corrected chi connectivity index (χ4v) is 1.15. The van der Waals surface area contributed by atoms with E-state index in [2.05, 4.69) is 0 Å². The van der Waals surface area contributed by atoms with Gasteiger partial charge in [-0.25, -0.2) is 8.78 Å². The van der Waals surface area contributed by atoms with E-state index in [1.807, 2.05) is 0 Å². The molecule has 0 saturated heterocycles. The van der Waals surface area contributed by atoms with Crippen LogP contribution in [-0.4, -0.2) is 22.9 Å². The number of hydrogen-bond acceptors (Lipinski definition) is 3. The van der Waals surface area contributed by atoms with Crippen LogP contribution in [0.3, 0.4) is 0 Å². The minimum absolute atomic E-state index is 0.646. The van der Waals surface area contributed by atoms with Gasteiger partial charge in [0, 0.05) is 6.42 Å². The Morgan fingerprint density at radius 1 is 1.31 bits per heavy atom. The second-order valence-electron chi connectivity index (χ2n) is 3.17. The van der Waals surface area contributed by atoms with E-state index in [9.17, 15) is 18.4 Å². The Labute approximate surface area is 89.7 Å². The van der Waals surface area contributed by atoms with Gasteiger partial charge in [0.1, 0.15) is 17.7 Å². The van der Waals surface area contributed by atoms with E-state index in [-0.39, 0.29) is 0 Å². The molecule has 6 heteroatoms. The Balaban J connectivity index is 2.93. The zero-order chi connectivity index (χ0) is 12.3. The van der Waals surface area contributed by atoms with Crippen molar-refractivity contribution in [3.63, 3.8) is 0 Å². The molecule has 4 nitrogen and oxygen atoms in total. The highest BCUT2D eigenvalue weighted by molar-refractivity contribution is 5.99. The number of benzene rings is 1. The highest BCUT2D eigenvalue weighted by Crippen LogP contribution is 2.14. The van der Waals surface area contributed by atoms with Crippen LogP contribution in [0.5, 0.6) is 0 Å². The fraction of sp³-hybridized carbons (Fsp3) is 0.200. The standard InChI is InChI=1S/C10H9F2NO3/c11-5-2-1-3-6(12)9(5)8(14)4-7(13)10(15)16/h1-3,7H,4,13H2,(H,15,16). The van der Waals surface area contributed by atoms with Crippen molar-refractivity contribution in [2.75, 3.05) is 0 Å². The molecule has 1 aromatic rings. The molecule has 0 heterocycles. The summed E-state index contributed by atoms with van der Waals surface area (Å²) in [4.78, 5) is 21.7. The Hall–Kier alpha value is -1.82. The van der Waals surface area contributed by atoms with Crippen LogP contribution < -0.4 is 5.73 Å². The number of ketones is 1. The fourth-order valence-electron chi connectivity index (χ4n) is 1.15. The summed E-state index contributed by atoms with van der Waals surface area (Å²) in [5.74, 6) is -4.42. The third kappa shape index (κ3) is 2.60. The van der Waals surface area contributed by atoms with E-state index in [0.29, 0.717) is 0 Å². The van der Waals surface area contributed by atoms with Crippen molar-refractivity contribution in [3.05, 3.63) is 35.4 Å². The van der Waals surface area contributed by atoms with E-state index in [4.69, 9.17) is 10.8 Å². The first kappa shape index (κ1) is 12.3. The van der Waals surface area contributed by atoms with Crippen molar-refractivity contribution in [2.24, 2.45) is 5.73 Å². The second-order valence-corrected chi connectivity index (χ2v) is 3.17. The predicted molar refractivity (Wildman–Crippen MR) is 50.9 cm³/mol. The molecule has 1 unspecified atom stereocenters. The van der Waals surface area contributed by atoms with Crippen LogP contribution in [0.4, 0.5) is 8.78 Å². The van der Waals surface area contributed by atoms with Gasteiger partial charge in [-0.15, -0.1) is 0 Å². The van der Waals surface area contributed by atoms with Crippen LogP contribution in [0.1, 0.15) is 16.8 Å². The number of halogens is 2. The molecular formula is C10H9F2NO3. The normalized spacial score (nSPS) is 12.2. The summed E-state index contributed by atoms with van der Waals surface area (Å²) in [6, 6.07) is 1.48. The molecule has 86 valence electrons. The zero-order valence-corrected chi connectivity index (χ0v) is 8.11. The van der Waals surface area contributed by atoms with Gasteiger partial charge in [0.2, 0.25) is 0 Å². The van der Waals surface area contributed by atoms with Gasteiger partial charge in [0.15, 0.2) is 5.78 Å². The number of carboxylic acids is 1. The molecule has 1 aromatic carbocycles. The van der Waals surface area contributed by atoms with Crippen molar-refractivity contribution in [2.45, 2.75) is 12.5 Å². The van der Waals surface area contributed by atoms with Crippen LogP contribution in [-0.2, 0) is 4.79 Å². The average molecular weight is 229 g/mol. The number of rotatable bonds is 4. The van der Waals surface area contributed by atoms with Gasteiger partial charge in [-0.05, 0) is 12.1 Å². The lowest BCUT2D eigenvalue weighted by Gasteiger charge is -2.06. The number of nitrogens with two attached hydrogens (primary N) is 1. The smallest absolute Gasteiger partial charge is 0.320 e. The van der Waals surface area contributed by atoms with Crippen molar-refractivity contribution in [1.29, 1.82) is 0 Å². The Kier molecular flexibility index (Phi) is 3.68. The maximum absolute atomic E-state index is 13.1. The monoisotopic (exact) mass is 229 g/mol. The van der Waals surface area contributed by atoms with Gasteiger partial charge < -0.3 is 10.8 Å². The number of carbonyl (C=O) groups excluding carboxylic acids is 1. The Morgan fingerprint density at radius 3 is 2.25 bits per heavy atom. The second kappa shape index (κ2) is 4.80. The summed E-state index contributed by atoms with van der Waals surface area (Å²) in [5.41, 5.74) is 4.34. The van der Waals surface area contributed by atoms with Crippen LogP contribution >= 0.6 is 0 Å². The molecule has 0 aliphatic heterocycles. The van der Waals surface area contributed by atoms with Crippen LogP contribution in [0.15, 0.2) is 18.2 Å². The molecule has 0 bridgehead atoms. The highest BCUT2D eigenvalue weighted by atomic mass is 19.1. The third-order valence-electron chi connectivity index (χ3n) is 1.96. The number of hydrogen-bond donors (Lipinski definition) is 2. The lowest BCUT2D eigenvalue weighted by molar-refractivity contribution is -0.138. The summed E-state index contributed by atoms with van der Waals surface area (Å²) < 4.78 is 26.2. The Morgan fingerprint density at radius 2 is 1.81 bits per heavy atom. The molecule has 0 aliphatic rings. The lowest BCUT2D eigenvalue weighted by atomic mass is 10.0. The van der Waals surface area contributed by atoms with Gasteiger partial charge in [0.25, 0.3) is 0 Å². The van der Waals surface area contributed by atoms with Crippen LogP contribution in [0.25, 0.3) is 0 Å². The lowest BCUT2D eigenvalue weighted by Crippen LogP contribution is -2.33. The molecule has 0 fully saturated rings. The molecule has 1 rings (SSSR count). The van der Waals surface area contributed by atoms with Crippen LogP contribution in [0, 0.1) is 11.6 Å². The van der Waals surface area contributed by atoms with E-state index in [1.54, 1.807) is 0 Å². The quantitative estimate of drug-likeness (QED) is 0.753. The average Bonchev–Trinajstić information content (AvgIpc) is 2.16. The summed E-state index contributed by atoms with van der Waals surface area (Å²) in [5, 5.41) is 8.45. The van der Waals surface area contributed by atoms with Crippen molar-refractivity contribution >= 4 is 11.8 Å². The van der Waals surface area contributed by atoms with E-state index in [0.717, 1.165) is 18.2 Å². The predicted octanol–water partition coefficient (Wildman–Crippen LogP) is 0.950. The largest absolute Gasteiger partial charge is 0.480 e. The number of carboxylic acid groups (broad SMARTS) is 1. The minimum atomic E-state index is -1.47. The van der Waals surface area contributed by atoms with E-state index < -0.39 is 41.4 Å². The molecule has 3 N–H and O–H groups in total. The van der Waals surface area contributed by atoms with Gasteiger partial charge in [0.05, 0.1) is 5.56 Å². The number of carbonyl (C=O) groups is 2. The SMILES string of the molecule is NC(CC(=O)c1c(F)cccc1F)C(=O)O. The molecular weight excluding hydrogens is 220 g/mol. The first-order chi connectivity index (χ1) is 7.43. The number of aliphatic carboxylic acids is 1. The molecule has 0 saturated carbocycles. The molecule has 16 heavy (non-hydrogen) atoms. The van der Waals surface area contributed by atoms with Crippen molar-refractivity contribution < 1.29 is 23.5 Å². The maximum Gasteiger partial charge on any atom is 0.320 e. The van der Waals surface area contributed by atoms with Gasteiger partial charge in [-0.1, -0.05) is 6.07 Å². The van der Waals surface area contributed by atoms with Gasteiger partial charge >= 0.3 is 5.97 Å². The first-order valence-corrected chi connectivity index (χ1v) is 4.39. The molecule has 0 radical (unpaired) electrons. The summed E-state index contributed by atoms with van der Waals surface area (Å²) in [7, 11) is 0.